The summed E-state index contributed by atoms with van der Waals surface area (Å²) < 4.78 is 13.6. The van der Waals surface area contributed by atoms with Crippen LogP contribution in [-0.4, -0.2) is 30.0 Å². The number of amides is 1. The molecule has 3 aromatic carbocycles. The molecule has 7 nitrogen and oxygen atoms in total. The molecule has 3 aromatic rings. The number of aryl methyl sites for hydroxylation is 1. The molecule has 8 heteroatoms. The summed E-state index contributed by atoms with van der Waals surface area (Å²) in [6.07, 6.45) is 0.585. The van der Waals surface area contributed by atoms with Crippen LogP contribution in [-0.2, 0) is 0 Å². The molecule has 0 aliphatic rings. The second-order valence-corrected chi connectivity index (χ2v) is 7.55. The minimum absolute atomic E-state index is 0.00651. The van der Waals surface area contributed by atoms with E-state index in [-0.39, 0.29) is 40.2 Å². The van der Waals surface area contributed by atoms with Crippen LogP contribution in [0.1, 0.15) is 40.9 Å². The van der Waals surface area contributed by atoms with Crippen molar-refractivity contribution in [1.29, 1.82) is 0 Å². The normalized spacial score (nSPS) is 11.9. The Morgan fingerprint density at radius 3 is 2.42 bits per heavy atom. The van der Waals surface area contributed by atoms with Crippen molar-refractivity contribution in [3.05, 3.63) is 79.4 Å². The minimum atomic E-state index is -0.726. The number of anilines is 3. The van der Waals surface area contributed by atoms with Crippen LogP contribution in [0.3, 0.4) is 0 Å². The Labute approximate surface area is 178 Å². The van der Waals surface area contributed by atoms with Crippen molar-refractivity contribution in [2.75, 3.05) is 24.7 Å². The third-order valence-electron chi connectivity index (χ3n) is 5.15. The first-order valence-corrected chi connectivity index (χ1v) is 9.82. The van der Waals surface area contributed by atoms with Gasteiger partial charge >= 0.3 is 0 Å². The Bertz CT molecular complexity index is 1210. The minimum Gasteiger partial charge on any atom is -0.505 e. The predicted molar refractivity (Wildman–Crippen MR) is 119 cm³/mol. The van der Waals surface area contributed by atoms with E-state index in [4.69, 9.17) is 0 Å². The van der Waals surface area contributed by atoms with Crippen LogP contribution in [0.4, 0.5) is 21.5 Å². The van der Waals surface area contributed by atoms with E-state index in [2.05, 4.69) is 10.6 Å². The quantitative estimate of drug-likeness (QED) is 0.396. The van der Waals surface area contributed by atoms with Crippen LogP contribution in [0, 0.1) is 12.7 Å². The number of phenols is 1. The van der Waals surface area contributed by atoms with Crippen LogP contribution in [0.2, 0.25) is 0 Å². The Morgan fingerprint density at radius 1 is 1.13 bits per heavy atom. The molecule has 3 rings (SSSR count). The second kappa shape index (κ2) is 8.59. The standard InChI is InChI=1S/C23H24FN3O4/c1-5-16(13-9-10-15(24)12(2)11-13)25-18-19(22(30)21(18)29)26-17-8-6-7-14(20(17)28)23(31)27(3)4/h6-11,16,25-26,28H,5H2,1-4H3. The first kappa shape index (κ1) is 22.0. The van der Waals surface area contributed by atoms with Crippen molar-refractivity contribution >= 4 is 23.0 Å². The number of aromatic hydroxyl groups is 1. The van der Waals surface area contributed by atoms with E-state index in [1.165, 1.54) is 23.1 Å². The lowest BCUT2D eigenvalue weighted by molar-refractivity contribution is 0.0824. The third kappa shape index (κ3) is 4.14. The summed E-state index contributed by atoms with van der Waals surface area (Å²) in [5, 5.41) is 16.3. The van der Waals surface area contributed by atoms with Gasteiger partial charge in [-0.05, 0) is 42.7 Å². The third-order valence-corrected chi connectivity index (χ3v) is 5.15. The Kier molecular flexibility index (Phi) is 6.10. The summed E-state index contributed by atoms with van der Waals surface area (Å²) in [7, 11) is 3.12. The predicted octanol–water partition coefficient (Wildman–Crippen LogP) is 3.44. The molecule has 0 aromatic heterocycles. The average Bonchev–Trinajstić information content (AvgIpc) is 2.75. The molecule has 0 saturated heterocycles. The highest BCUT2D eigenvalue weighted by molar-refractivity contribution is 5.99. The van der Waals surface area contributed by atoms with Gasteiger partial charge in [-0.25, -0.2) is 4.39 Å². The van der Waals surface area contributed by atoms with Crippen molar-refractivity contribution < 1.29 is 14.3 Å². The summed E-state index contributed by atoms with van der Waals surface area (Å²) >= 11 is 0. The van der Waals surface area contributed by atoms with Crippen LogP contribution >= 0.6 is 0 Å². The molecule has 0 aliphatic heterocycles. The summed E-state index contributed by atoms with van der Waals surface area (Å²) in [5.41, 5.74) is 0.144. The van der Waals surface area contributed by atoms with Crippen molar-refractivity contribution in [2.45, 2.75) is 26.3 Å². The van der Waals surface area contributed by atoms with Gasteiger partial charge in [0.25, 0.3) is 16.8 Å². The maximum absolute atomic E-state index is 13.6. The summed E-state index contributed by atoms with van der Waals surface area (Å²) in [6, 6.07) is 8.90. The molecule has 1 amide bonds. The number of benzene rings is 2. The number of rotatable bonds is 7. The van der Waals surface area contributed by atoms with Gasteiger partial charge in [0.1, 0.15) is 17.2 Å². The number of para-hydroxylation sites is 1. The molecule has 0 bridgehead atoms. The van der Waals surface area contributed by atoms with Crippen molar-refractivity contribution in [2.24, 2.45) is 0 Å². The number of carbonyl (C=O) groups excluding carboxylic acids is 1. The first-order valence-electron chi connectivity index (χ1n) is 9.82. The monoisotopic (exact) mass is 425 g/mol. The maximum Gasteiger partial charge on any atom is 0.257 e. The molecule has 0 heterocycles. The smallest absolute Gasteiger partial charge is 0.257 e. The van der Waals surface area contributed by atoms with Crippen molar-refractivity contribution in [1.82, 2.24) is 4.90 Å². The fraction of sp³-hybridized carbons (Fsp3) is 0.261. The fourth-order valence-electron chi connectivity index (χ4n) is 3.32. The van der Waals surface area contributed by atoms with Crippen LogP contribution in [0.15, 0.2) is 46.0 Å². The summed E-state index contributed by atoms with van der Waals surface area (Å²) in [5.74, 6) is -1.04. The van der Waals surface area contributed by atoms with Crippen LogP contribution < -0.4 is 21.5 Å². The Hall–Kier alpha value is -3.68. The van der Waals surface area contributed by atoms with Gasteiger partial charge in [-0.1, -0.05) is 25.1 Å². The molecule has 162 valence electrons. The van der Waals surface area contributed by atoms with Gasteiger partial charge in [0.2, 0.25) is 0 Å². The van der Waals surface area contributed by atoms with Gasteiger partial charge in [-0.3, -0.25) is 14.4 Å². The highest BCUT2D eigenvalue weighted by atomic mass is 19.1. The molecular weight excluding hydrogens is 401 g/mol. The van der Waals surface area contributed by atoms with Gasteiger partial charge in [-0.15, -0.1) is 0 Å². The molecule has 31 heavy (non-hydrogen) atoms. The summed E-state index contributed by atoms with van der Waals surface area (Å²) in [6.45, 7) is 3.55. The fourth-order valence-corrected chi connectivity index (χ4v) is 3.32. The zero-order valence-electron chi connectivity index (χ0n) is 17.7. The lowest BCUT2D eigenvalue weighted by atomic mass is 10.0. The molecule has 0 radical (unpaired) electrons. The second-order valence-electron chi connectivity index (χ2n) is 7.55. The number of hydrogen-bond donors (Lipinski definition) is 3. The lowest BCUT2D eigenvalue weighted by Crippen LogP contribution is -2.37. The number of nitrogens with zero attached hydrogens (tertiary/aromatic N) is 1. The molecule has 0 spiro atoms. The van der Waals surface area contributed by atoms with E-state index < -0.39 is 16.8 Å². The molecular formula is C23H24FN3O4. The van der Waals surface area contributed by atoms with E-state index in [0.29, 0.717) is 12.0 Å². The number of hydrogen-bond acceptors (Lipinski definition) is 6. The van der Waals surface area contributed by atoms with Gasteiger partial charge in [-0.2, -0.15) is 0 Å². The molecule has 1 unspecified atom stereocenters. The SMILES string of the molecule is CCC(Nc1c(Nc2cccc(C(=O)N(C)C)c2O)c(=O)c1=O)c1ccc(F)c(C)c1. The van der Waals surface area contributed by atoms with E-state index in [1.54, 1.807) is 39.2 Å². The molecule has 0 saturated carbocycles. The van der Waals surface area contributed by atoms with Gasteiger partial charge in [0.15, 0.2) is 5.75 Å². The van der Waals surface area contributed by atoms with Crippen LogP contribution in [0.5, 0.6) is 5.75 Å². The number of halogens is 1. The van der Waals surface area contributed by atoms with E-state index in [1.807, 2.05) is 6.92 Å². The van der Waals surface area contributed by atoms with Gasteiger partial charge in [0.05, 0.1) is 17.3 Å². The Morgan fingerprint density at radius 2 is 1.81 bits per heavy atom. The number of carbonyl (C=O) groups is 1. The topological polar surface area (TPSA) is 98.7 Å². The zero-order chi connectivity index (χ0) is 22.9. The number of nitrogens with one attached hydrogen (secondary N) is 2. The van der Waals surface area contributed by atoms with E-state index >= 15 is 0 Å². The van der Waals surface area contributed by atoms with E-state index in [9.17, 15) is 23.9 Å². The molecule has 0 fully saturated rings. The van der Waals surface area contributed by atoms with Crippen molar-refractivity contribution in [3.63, 3.8) is 0 Å². The largest absolute Gasteiger partial charge is 0.505 e. The Balaban J connectivity index is 1.91. The van der Waals surface area contributed by atoms with Crippen LogP contribution in [0.25, 0.3) is 0 Å². The number of phenolic OH excluding ortho intramolecular Hbond substituents is 1. The van der Waals surface area contributed by atoms with Gasteiger partial charge in [0, 0.05) is 14.1 Å². The highest BCUT2D eigenvalue weighted by Gasteiger charge is 2.25. The maximum atomic E-state index is 13.6. The van der Waals surface area contributed by atoms with Crippen molar-refractivity contribution in [3.8, 4) is 5.75 Å². The molecule has 3 N–H and O–H groups in total. The highest BCUT2D eigenvalue weighted by Crippen LogP contribution is 2.33. The summed E-state index contributed by atoms with van der Waals surface area (Å²) in [4.78, 5) is 38.0. The van der Waals surface area contributed by atoms with E-state index in [0.717, 1.165) is 5.56 Å². The zero-order valence-corrected chi connectivity index (χ0v) is 17.7. The first-order chi connectivity index (χ1) is 14.6. The molecule has 1 atom stereocenters. The van der Waals surface area contributed by atoms with Gasteiger partial charge < -0.3 is 20.6 Å². The lowest BCUT2D eigenvalue weighted by Gasteiger charge is -2.23. The molecule has 0 aliphatic carbocycles. The average molecular weight is 425 g/mol.